The van der Waals surface area contributed by atoms with Gasteiger partial charge in [-0.2, -0.15) is 8.78 Å². The van der Waals surface area contributed by atoms with Gasteiger partial charge in [0.2, 0.25) is 0 Å². The number of halogens is 2. The third-order valence-electron chi connectivity index (χ3n) is 1.36. The van der Waals surface area contributed by atoms with E-state index >= 15 is 0 Å². The standard InChI is InChI=1S/C5H7F2N/c1-3-4(2-8-3)5(6)7/h3,8H,2H2,1H3. The molecule has 1 saturated heterocycles. The fourth-order valence-corrected chi connectivity index (χ4v) is 0.639. The van der Waals surface area contributed by atoms with Crippen LogP contribution in [0.2, 0.25) is 0 Å². The monoisotopic (exact) mass is 119 g/mol. The Hall–Kier alpha value is -0.440. The van der Waals surface area contributed by atoms with Crippen molar-refractivity contribution in [2.45, 2.75) is 13.0 Å². The van der Waals surface area contributed by atoms with E-state index in [0.29, 0.717) is 6.54 Å². The van der Waals surface area contributed by atoms with Crippen LogP contribution in [0.3, 0.4) is 0 Å². The summed E-state index contributed by atoms with van der Waals surface area (Å²) in [6.45, 7) is 2.08. The lowest BCUT2D eigenvalue weighted by Crippen LogP contribution is -2.43. The van der Waals surface area contributed by atoms with Gasteiger partial charge in [0.05, 0.1) is 0 Å². The maximum Gasteiger partial charge on any atom is 0.272 e. The normalized spacial score (nSPS) is 27.4. The minimum atomic E-state index is -1.52. The van der Waals surface area contributed by atoms with E-state index in [1.165, 1.54) is 0 Å². The Morgan fingerprint density at radius 3 is 2.38 bits per heavy atom. The molecule has 1 unspecified atom stereocenters. The van der Waals surface area contributed by atoms with Gasteiger partial charge >= 0.3 is 0 Å². The molecule has 1 fully saturated rings. The predicted molar refractivity (Wildman–Crippen MR) is 26.7 cm³/mol. The molecule has 0 radical (unpaired) electrons. The largest absolute Gasteiger partial charge is 0.306 e. The second-order valence-electron chi connectivity index (χ2n) is 1.89. The molecule has 3 heteroatoms. The summed E-state index contributed by atoms with van der Waals surface area (Å²) in [6.07, 6.45) is -1.52. The topological polar surface area (TPSA) is 12.0 Å². The number of hydrogen-bond donors (Lipinski definition) is 1. The van der Waals surface area contributed by atoms with Crippen molar-refractivity contribution < 1.29 is 8.78 Å². The summed E-state index contributed by atoms with van der Waals surface area (Å²) >= 11 is 0. The van der Waals surface area contributed by atoms with Crippen LogP contribution in [0.25, 0.3) is 0 Å². The molecule has 0 amide bonds. The van der Waals surface area contributed by atoms with Crippen LogP contribution in [-0.4, -0.2) is 12.6 Å². The third kappa shape index (κ3) is 0.733. The molecule has 8 heavy (non-hydrogen) atoms. The minimum absolute atomic E-state index is 0.0972. The van der Waals surface area contributed by atoms with Gasteiger partial charge in [-0.1, -0.05) is 0 Å². The van der Waals surface area contributed by atoms with Gasteiger partial charge in [0, 0.05) is 18.2 Å². The van der Waals surface area contributed by atoms with Crippen LogP contribution in [0.4, 0.5) is 8.78 Å². The second kappa shape index (κ2) is 1.82. The highest BCUT2D eigenvalue weighted by Gasteiger charge is 2.22. The smallest absolute Gasteiger partial charge is 0.272 e. The highest BCUT2D eigenvalue weighted by molar-refractivity contribution is 5.20. The number of nitrogens with one attached hydrogen (secondary N) is 1. The van der Waals surface area contributed by atoms with Crippen molar-refractivity contribution in [3.8, 4) is 0 Å². The van der Waals surface area contributed by atoms with Gasteiger partial charge in [-0.15, -0.1) is 0 Å². The zero-order valence-electron chi connectivity index (χ0n) is 4.54. The molecule has 46 valence electrons. The molecule has 1 atom stereocenters. The molecule has 1 N–H and O–H groups in total. The van der Waals surface area contributed by atoms with Crippen LogP contribution in [0.5, 0.6) is 0 Å². The SMILES string of the molecule is CC1NCC1=C(F)F. The summed E-state index contributed by atoms with van der Waals surface area (Å²) in [5.74, 6) is 0. The van der Waals surface area contributed by atoms with Crippen molar-refractivity contribution in [2.24, 2.45) is 0 Å². The van der Waals surface area contributed by atoms with Crippen molar-refractivity contribution >= 4 is 0 Å². The molecule has 1 heterocycles. The average molecular weight is 119 g/mol. The van der Waals surface area contributed by atoms with E-state index in [-0.39, 0.29) is 11.6 Å². The fraction of sp³-hybridized carbons (Fsp3) is 0.600. The molecule has 1 nitrogen and oxygen atoms in total. The predicted octanol–water partition coefficient (Wildman–Crippen LogP) is 1.13. The zero-order valence-corrected chi connectivity index (χ0v) is 4.54. The van der Waals surface area contributed by atoms with Gasteiger partial charge in [0.15, 0.2) is 0 Å². The molecule has 0 bridgehead atoms. The van der Waals surface area contributed by atoms with E-state index in [9.17, 15) is 8.78 Å². The molecule has 0 aliphatic carbocycles. The molecular formula is C5H7F2N. The van der Waals surface area contributed by atoms with Crippen LogP contribution in [-0.2, 0) is 0 Å². The van der Waals surface area contributed by atoms with E-state index in [1.54, 1.807) is 6.92 Å². The van der Waals surface area contributed by atoms with Crippen molar-refractivity contribution in [3.63, 3.8) is 0 Å². The molecule has 1 aliphatic rings. The molecule has 0 spiro atoms. The molecule has 1 rings (SSSR count). The lowest BCUT2D eigenvalue weighted by molar-refractivity contribution is 0.371. The average Bonchev–Trinajstić information content (AvgIpc) is 1.61. The van der Waals surface area contributed by atoms with Crippen LogP contribution in [0.1, 0.15) is 6.92 Å². The first kappa shape index (κ1) is 5.69. The summed E-state index contributed by atoms with van der Waals surface area (Å²) in [7, 11) is 0. The Bertz CT molecular complexity index is 126. The molecule has 0 aromatic heterocycles. The summed E-state index contributed by atoms with van der Waals surface area (Å²) < 4.78 is 23.1. The first-order valence-corrected chi connectivity index (χ1v) is 2.49. The van der Waals surface area contributed by atoms with E-state index in [2.05, 4.69) is 5.32 Å². The lowest BCUT2D eigenvalue weighted by atomic mass is 10.0. The van der Waals surface area contributed by atoms with Crippen molar-refractivity contribution in [1.29, 1.82) is 0 Å². The van der Waals surface area contributed by atoms with Gasteiger partial charge in [-0.25, -0.2) is 0 Å². The van der Waals surface area contributed by atoms with Crippen LogP contribution in [0.15, 0.2) is 11.7 Å². The van der Waals surface area contributed by atoms with Crippen molar-refractivity contribution in [1.82, 2.24) is 5.32 Å². The quantitative estimate of drug-likeness (QED) is 0.504. The molecule has 1 aliphatic heterocycles. The molecular weight excluding hydrogens is 112 g/mol. The first-order valence-electron chi connectivity index (χ1n) is 2.49. The van der Waals surface area contributed by atoms with Crippen LogP contribution >= 0.6 is 0 Å². The molecule has 0 aromatic rings. The van der Waals surface area contributed by atoms with Gasteiger partial charge in [0.1, 0.15) is 0 Å². The molecule has 0 saturated carbocycles. The Morgan fingerprint density at radius 1 is 1.75 bits per heavy atom. The second-order valence-corrected chi connectivity index (χ2v) is 1.89. The van der Waals surface area contributed by atoms with Crippen molar-refractivity contribution in [3.05, 3.63) is 11.7 Å². The number of hydrogen-bond acceptors (Lipinski definition) is 1. The summed E-state index contributed by atoms with van der Waals surface area (Å²) in [5.41, 5.74) is 0.255. The summed E-state index contributed by atoms with van der Waals surface area (Å²) in [5, 5.41) is 2.80. The first-order chi connectivity index (χ1) is 3.72. The fourth-order valence-electron chi connectivity index (χ4n) is 0.639. The third-order valence-corrected chi connectivity index (χ3v) is 1.36. The summed E-state index contributed by atoms with van der Waals surface area (Å²) in [4.78, 5) is 0. The van der Waals surface area contributed by atoms with E-state index in [0.717, 1.165) is 0 Å². The van der Waals surface area contributed by atoms with Gasteiger partial charge in [-0.3, -0.25) is 0 Å². The Labute approximate surface area is 46.4 Å². The minimum Gasteiger partial charge on any atom is -0.306 e. The molecule has 0 aromatic carbocycles. The van der Waals surface area contributed by atoms with Crippen LogP contribution in [0, 0.1) is 0 Å². The van der Waals surface area contributed by atoms with Gasteiger partial charge in [-0.05, 0) is 6.92 Å². The van der Waals surface area contributed by atoms with Gasteiger partial charge < -0.3 is 5.32 Å². The van der Waals surface area contributed by atoms with E-state index in [4.69, 9.17) is 0 Å². The highest BCUT2D eigenvalue weighted by atomic mass is 19.3. The Morgan fingerprint density at radius 2 is 2.38 bits per heavy atom. The maximum atomic E-state index is 11.6. The Kier molecular flexibility index (Phi) is 1.29. The Balaban J connectivity index is 2.60. The van der Waals surface area contributed by atoms with E-state index < -0.39 is 6.08 Å². The zero-order chi connectivity index (χ0) is 6.15. The summed E-state index contributed by atoms with van der Waals surface area (Å²) in [6, 6.07) is -0.0972. The van der Waals surface area contributed by atoms with E-state index in [1.807, 2.05) is 0 Å². The van der Waals surface area contributed by atoms with Crippen molar-refractivity contribution in [2.75, 3.05) is 6.54 Å². The maximum absolute atomic E-state index is 11.6. The number of rotatable bonds is 0. The van der Waals surface area contributed by atoms with Crippen LogP contribution < -0.4 is 5.32 Å². The highest BCUT2D eigenvalue weighted by Crippen LogP contribution is 2.17. The van der Waals surface area contributed by atoms with Gasteiger partial charge in [0.25, 0.3) is 6.08 Å². The lowest BCUT2D eigenvalue weighted by Gasteiger charge is -2.26.